The molecule has 1 aromatic heterocycles. The third-order valence-electron chi connectivity index (χ3n) is 4.74. The maximum absolute atomic E-state index is 14.5. The van der Waals surface area contributed by atoms with Crippen molar-refractivity contribution in [1.29, 1.82) is 0 Å². The average Bonchev–Trinajstić information content (AvgIpc) is 2.84. The maximum atomic E-state index is 14.5. The predicted octanol–water partition coefficient (Wildman–Crippen LogP) is 7.78. The maximum Gasteiger partial charge on any atom is 0.573 e. The standard InChI is InChI=1S/C24H16Cl2F4N6O/c25-16-8-4-14(5-9-16)12-31-22-33-21(20-18(26)2-1-3-19(20)27)34-23(35-22)36-32-13-15-6-10-17(11-7-15)37-24(28,29)30/h1-11H,12-13H2,(H,31,33,34,35). The van der Waals surface area contributed by atoms with Crippen LogP contribution in [0.1, 0.15) is 11.1 Å². The quantitative estimate of drug-likeness (QED) is 0.179. The Hall–Kier alpha value is -3.83. The molecule has 4 rings (SSSR count). The van der Waals surface area contributed by atoms with Gasteiger partial charge < -0.3 is 10.1 Å². The van der Waals surface area contributed by atoms with Crippen LogP contribution < -0.4 is 10.1 Å². The molecule has 37 heavy (non-hydrogen) atoms. The first-order valence-corrected chi connectivity index (χ1v) is 11.3. The molecule has 1 heterocycles. The number of halogens is 6. The molecule has 1 N–H and O–H groups in total. The lowest BCUT2D eigenvalue weighted by molar-refractivity contribution is -0.274. The molecule has 0 saturated heterocycles. The molecule has 0 spiro atoms. The Morgan fingerprint density at radius 3 is 2.24 bits per heavy atom. The van der Waals surface area contributed by atoms with E-state index in [1.54, 1.807) is 12.1 Å². The Balaban J connectivity index is 1.56. The molecule has 0 atom stereocenters. The molecular formula is C24H16Cl2F4N6O. The van der Waals surface area contributed by atoms with E-state index in [0.717, 1.165) is 5.56 Å². The SMILES string of the molecule is Fc1cccc(Cl)c1-c1nc(N=NCc2ccc(OC(F)(F)F)cc2)nc(NCc2ccc(Cl)cc2)n1. The van der Waals surface area contributed by atoms with E-state index in [2.05, 4.69) is 35.2 Å². The van der Waals surface area contributed by atoms with Crippen molar-refractivity contribution in [2.75, 3.05) is 5.32 Å². The summed E-state index contributed by atoms with van der Waals surface area (Å²) >= 11 is 12.1. The summed E-state index contributed by atoms with van der Waals surface area (Å²) in [6.45, 7) is 0.343. The molecule has 7 nitrogen and oxygen atoms in total. The third-order valence-corrected chi connectivity index (χ3v) is 5.31. The molecule has 0 amide bonds. The molecule has 3 aromatic carbocycles. The summed E-state index contributed by atoms with van der Waals surface area (Å²) in [4.78, 5) is 12.6. The molecular weight excluding hydrogens is 535 g/mol. The lowest BCUT2D eigenvalue weighted by atomic mass is 10.2. The summed E-state index contributed by atoms with van der Waals surface area (Å²) in [6.07, 6.45) is -4.78. The van der Waals surface area contributed by atoms with Crippen molar-refractivity contribution in [2.24, 2.45) is 10.2 Å². The summed E-state index contributed by atoms with van der Waals surface area (Å²) in [5.74, 6) is -1.07. The van der Waals surface area contributed by atoms with Crippen LogP contribution in [0.15, 0.2) is 77.0 Å². The van der Waals surface area contributed by atoms with Crippen molar-refractivity contribution < 1.29 is 22.3 Å². The normalized spacial score (nSPS) is 11.6. The van der Waals surface area contributed by atoms with Gasteiger partial charge >= 0.3 is 6.36 Å². The highest BCUT2D eigenvalue weighted by Gasteiger charge is 2.30. The first-order chi connectivity index (χ1) is 17.7. The Kier molecular flexibility index (Phi) is 8.14. The van der Waals surface area contributed by atoms with E-state index in [0.29, 0.717) is 17.1 Å². The molecule has 0 fully saturated rings. The highest BCUT2D eigenvalue weighted by molar-refractivity contribution is 6.33. The zero-order chi connectivity index (χ0) is 26.4. The van der Waals surface area contributed by atoms with Crippen molar-refractivity contribution in [3.05, 3.63) is 93.7 Å². The number of anilines is 1. The Morgan fingerprint density at radius 2 is 1.57 bits per heavy atom. The zero-order valence-electron chi connectivity index (χ0n) is 18.7. The minimum atomic E-state index is -4.78. The monoisotopic (exact) mass is 550 g/mol. The van der Waals surface area contributed by atoms with Crippen LogP contribution in [0, 0.1) is 5.82 Å². The molecule has 0 aliphatic carbocycles. The topological polar surface area (TPSA) is 84.7 Å². The van der Waals surface area contributed by atoms with Crippen molar-refractivity contribution in [1.82, 2.24) is 15.0 Å². The van der Waals surface area contributed by atoms with Crippen LogP contribution >= 0.6 is 23.2 Å². The molecule has 13 heteroatoms. The van der Waals surface area contributed by atoms with E-state index in [1.807, 2.05) is 12.1 Å². The molecule has 4 aromatic rings. The zero-order valence-corrected chi connectivity index (χ0v) is 20.2. The third kappa shape index (κ3) is 7.58. The Bertz CT molecular complexity index is 1380. The number of alkyl halides is 3. The van der Waals surface area contributed by atoms with Gasteiger partial charge in [0.2, 0.25) is 5.95 Å². The average molecular weight is 551 g/mol. The van der Waals surface area contributed by atoms with Gasteiger partial charge in [-0.1, -0.05) is 53.5 Å². The van der Waals surface area contributed by atoms with Gasteiger partial charge in [-0.15, -0.1) is 18.3 Å². The van der Waals surface area contributed by atoms with Crippen LogP contribution in [0.3, 0.4) is 0 Å². The van der Waals surface area contributed by atoms with Crippen LogP contribution in [0.4, 0.5) is 29.5 Å². The van der Waals surface area contributed by atoms with Gasteiger partial charge in [0.25, 0.3) is 5.95 Å². The molecule has 0 saturated carbocycles. The number of azo groups is 1. The molecule has 0 aliphatic rings. The number of benzene rings is 3. The van der Waals surface area contributed by atoms with E-state index in [4.69, 9.17) is 23.2 Å². The van der Waals surface area contributed by atoms with Crippen LogP contribution in [0.25, 0.3) is 11.4 Å². The summed E-state index contributed by atoms with van der Waals surface area (Å²) in [5, 5.41) is 11.7. The van der Waals surface area contributed by atoms with E-state index in [-0.39, 0.29) is 40.6 Å². The number of rotatable bonds is 8. The fraction of sp³-hybridized carbons (Fsp3) is 0.125. The molecule has 190 valence electrons. The lowest BCUT2D eigenvalue weighted by Gasteiger charge is -2.09. The number of ether oxygens (including phenoxy) is 1. The summed E-state index contributed by atoms with van der Waals surface area (Å²) in [7, 11) is 0. The summed E-state index contributed by atoms with van der Waals surface area (Å²) in [6, 6.07) is 16.4. The second-order valence-corrected chi connectivity index (χ2v) is 8.29. The number of hydrogen-bond acceptors (Lipinski definition) is 7. The number of hydrogen-bond donors (Lipinski definition) is 1. The van der Waals surface area contributed by atoms with E-state index in [1.165, 1.54) is 42.5 Å². The molecule has 0 bridgehead atoms. The number of aromatic nitrogens is 3. The summed E-state index contributed by atoms with van der Waals surface area (Å²) < 4.78 is 55.3. The van der Waals surface area contributed by atoms with Gasteiger partial charge in [-0.2, -0.15) is 20.1 Å². The lowest BCUT2D eigenvalue weighted by Crippen LogP contribution is -2.16. The van der Waals surface area contributed by atoms with E-state index in [9.17, 15) is 17.6 Å². The second kappa shape index (κ2) is 11.5. The predicted molar refractivity (Wildman–Crippen MR) is 130 cm³/mol. The van der Waals surface area contributed by atoms with Crippen LogP contribution in [-0.2, 0) is 13.1 Å². The second-order valence-electron chi connectivity index (χ2n) is 7.45. The highest BCUT2D eigenvalue weighted by Crippen LogP contribution is 2.30. The molecule has 0 unspecified atom stereocenters. The highest BCUT2D eigenvalue weighted by atomic mass is 35.5. The van der Waals surface area contributed by atoms with Crippen molar-refractivity contribution in [3.8, 4) is 17.1 Å². The van der Waals surface area contributed by atoms with Gasteiger partial charge in [-0.3, -0.25) is 0 Å². The minimum absolute atomic E-state index is 0.0152. The van der Waals surface area contributed by atoms with Gasteiger partial charge in [-0.05, 0) is 47.5 Å². The van der Waals surface area contributed by atoms with Crippen LogP contribution in [0.5, 0.6) is 5.75 Å². The smallest absolute Gasteiger partial charge is 0.406 e. The first kappa shape index (κ1) is 26.2. The van der Waals surface area contributed by atoms with Crippen LogP contribution in [0.2, 0.25) is 10.0 Å². The largest absolute Gasteiger partial charge is 0.573 e. The Morgan fingerprint density at radius 1 is 0.865 bits per heavy atom. The first-order valence-electron chi connectivity index (χ1n) is 10.6. The van der Waals surface area contributed by atoms with Gasteiger partial charge in [-0.25, -0.2) is 4.39 Å². The van der Waals surface area contributed by atoms with Crippen molar-refractivity contribution in [2.45, 2.75) is 19.5 Å². The van der Waals surface area contributed by atoms with Gasteiger partial charge in [0.1, 0.15) is 11.6 Å². The number of nitrogens with zero attached hydrogens (tertiary/aromatic N) is 5. The Labute approximate surface area is 218 Å². The minimum Gasteiger partial charge on any atom is -0.406 e. The molecule has 0 radical (unpaired) electrons. The van der Waals surface area contributed by atoms with Crippen LogP contribution in [-0.4, -0.2) is 21.3 Å². The van der Waals surface area contributed by atoms with Gasteiger partial charge in [0, 0.05) is 11.6 Å². The van der Waals surface area contributed by atoms with Crippen molar-refractivity contribution in [3.63, 3.8) is 0 Å². The fourth-order valence-electron chi connectivity index (χ4n) is 3.07. The van der Waals surface area contributed by atoms with Gasteiger partial charge in [0.05, 0.1) is 17.1 Å². The summed E-state index contributed by atoms with van der Waals surface area (Å²) in [5.41, 5.74) is 1.42. The fourth-order valence-corrected chi connectivity index (χ4v) is 3.45. The molecule has 0 aliphatic heterocycles. The van der Waals surface area contributed by atoms with E-state index >= 15 is 0 Å². The number of nitrogens with one attached hydrogen (secondary N) is 1. The van der Waals surface area contributed by atoms with Crippen molar-refractivity contribution >= 4 is 35.1 Å². The van der Waals surface area contributed by atoms with Gasteiger partial charge in [0.15, 0.2) is 5.82 Å². The van der Waals surface area contributed by atoms with E-state index < -0.39 is 12.2 Å².